The van der Waals surface area contributed by atoms with Crippen molar-refractivity contribution in [2.75, 3.05) is 20.8 Å². The zero-order chi connectivity index (χ0) is 24.9. The normalized spacial score (nSPS) is 17.5. The maximum Gasteiger partial charge on any atom is 0.336 e. The first-order valence-corrected chi connectivity index (χ1v) is 11.8. The van der Waals surface area contributed by atoms with Gasteiger partial charge in [0, 0.05) is 34.9 Å². The van der Waals surface area contributed by atoms with Crippen molar-refractivity contribution in [2.45, 2.75) is 45.6 Å². The molecule has 1 N–H and O–H groups in total. The predicted molar refractivity (Wildman–Crippen MR) is 131 cm³/mol. The zero-order valence-electron chi connectivity index (χ0n) is 20.6. The van der Waals surface area contributed by atoms with Gasteiger partial charge in [0.15, 0.2) is 5.78 Å². The summed E-state index contributed by atoms with van der Waals surface area (Å²) in [7, 11) is 3.22. The molecule has 7 heteroatoms. The molecule has 184 valence electrons. The van der Waals surface area contributed by atoms with Crippen molar-refractivity contribution in [3.63, 3.8) is 0 Å². The van der Waals surface area contributed by atoms with E-state index in [0.717, 1.165) is 35.4 Å². The summed E-state index contributed by atoms with van der Waals surface area (Å²) in [5.74, 6) is 1.22. The van der Waals surface area contributed by atoms with E-state index in [1.54, 1.807) is 21.1 Å². The Balaban J connectivity index is 1.68. The second-order valence-corrected chi connectivity index (χ2v) is 8.52. The van der Waals surface area contributed by atoms with Crippen LogP contribution in [0.5, 0.6) is 17.2 Å². The summed E-state index contributed by atoms with van der Waals surface area (Å²) in [6, 6.07) is 13.1. The van der Waals surface area contributed by atoms with Gasteiger partial charge in [0.2, 0.25) is 0 Å². The molecule has 0 saturated heterocycles. The Labute approximate surface area is 205 Å². The van der Waals surface area contributed by atoms with Gasteiger partial charge in [-0.2, -0.15) is 0 Å². The van der Waals surface area contributed by atoms with Gasteiger partial charge >= 0.3 is 5.97 Å². The van der Waals surface area contributed by atoms with Gasteiger partial charge in [-0.25, -0.2) is 4.79 Å². The lowest BCUT2D eigenvalue weighted by Gasteiger charge is -2.34. The van der Waals surface area contributed by atoms with Gasteiger partial charge in [0.05, 0.1) is 26.4 Å². The van der Waals surface area contributed by atoms with Crippen molar-refractivity contribution in [3.05, 3.63) is 76.1 Å². The molecule has 0 bridgehead atoms. The highest BCUT2D eigenvalue weighted by molar-refractivity contribution is 6.03. The molecule has 0 amide bonds. The minimum absolute atomic E-state index is 0.0592. The standard InChI is InChI=1S/C28H31NO6/c1-5-34-28(31)25-17(2)29-22-7-6-8-23(30)27(22)26(25)18-9-10-19(24(15-18)33-4)16-35-21-13-11-20(32-3)12-14-21/h9-15,26,29H,5-8,16H2,1-4H3/t26-/m0/s1. The first-order chi connectivity index (χ1) is 17.0. The van der Waals surface area contributed by atoms with Crippen LogP contribution in [0.15, 0.2) is 65.0 Å². The molecule has 0 unspecified atom stereocenters. The first-order valence-electron chi connectivity index (χ1n) is 11.8. The molecule has 1 atom stereocenters. The van der Waals surface area contributed by atoms with Gasteiger partial charge in [-0.1, -0.05) is 12.1 Å². The van der Waals surface area contributed by atoms with Crippen molar-refractivity contribution in [2.24, 2.45) is 0 Å². The number of esters is 1. The van der Waals surface area contributed by atoms with Gasteiger partial charge in [-0.3, -0.25) is 4.79 Å². The van der Waals surface area contributed by atoms with Crippen LogP contribution in [0.25, 0.3) is 0 Å². The third-order valence-corrected chi connectivity index (χ3v) is 6.37. The molecule has 7 nitrogen and oxygen atoms in total. The fourth-order valence-corrected chi connectivity index (χ4v) is 4.69. The fourth-order valence-electron chi connectivity index (χ4n) is 4.69. The van der Waals surface area contributed by atoms with E-state index in [1.165, 1.54) is 0 Å². The fraction of sp³-hybridized carbons (Fsp3) is 0.357. The third kappa shape index (κ3) is 5.04. The number of allylic oxidation sites excluding steroid dienone is 3. The summed E-state index contributed by atoms with van der Waals surface area (Å²) in [6.45, 7) is 4.19. The topological polar surface area (TPSA) is 83.1 Å². The molecule has 2 aliphatic rings. The molecular weight excluding hydrogens is 446 g/mol. The Morgan fingerprint density at radius 3 is 2.46 bits per heavy atom. The Morgan fingerprint density at radius 2 is 1.77 bits per heavy atom. The highest BCUT2D eigenvalue weighted by Gasteiger charge is 2.39. The lowest BCUT2D eigenvalue weighted by Crippen LogP contribution is -2.34. The van der Waals surface area contributed by atoms with Crippen LogP contribution in [-0.4, -0.2) is 32.6 Å². The highest BCUT2D eigenvalue weighted by Crippen LogP contribution is 2.43. The summed E-state index contributed by atoms with van der Waals surface area (Å²) in [5.41, 5.74) is 4.38. The van der Waals surface area contributed by atoms with E-state index in [0.29, 0.717) is 41.4 Å². The van der Waals surface area contributed by atoms with E-state index in [9.17, 15) is 9.59 Å². The van der Waals surface area contributed by atoms with E-state index >= 15 is 0 Å². The van der Waals surface area contributed by atoms with Crippen molar-refractivity contribution in [1.82, 2.24) is 5.32 Å². The molecule has 2 aromatic carbocycles. The van der Waals surface area contributed by atoms with E-state index in [-0.39, 0.29) is 12.4 Å². The molecular formula is C28H31NO6. The molecule has 1 aliphatic heterocycles. The Kier molecular flexibility index (Phi) is 7.44. The Hall–Kier alpha value is -3.74. The number of carbonyl (C=O) groups excluding carboxylic acids is 2. The van der Waals surface area contributed by atoms with Crippen LogP contribution in [-0.2, 0) is 20.9 Å². The average molecular weight is 478 g/mol. The van der Waals surface area contributed by atoms with E-state index in [2.05, 4.69) is 5.32 Å². The maximum absolute atomic E-state index is 13.0. The van der Waals surface area contributed by atoms with Crippen LogP contribution in [0.4, 0.5) is 0 Å². The average Bonchev–Trinajstić information content (AvgIpc) is 2.87. The minimum Gasteiger partial charge on any atom is -0.497 e. The van der Waals surface area contributed by atoms with Crippen molar-refractivity contribution < 1.29 is 28.5 Å². The molecule has 1 aliphatic carbocycles. The molecule has 35 heavy (non-hydrogen) atoms. The zero-order valence-corrected chi connectivity index (χ0v) is 20.6. The van der Waals surface area contributed by atoms with Crippen molar-refractivity contribution >= 4 is 11.8 Å². The van der Waals surface area contributed by atoms with Gasteiger partial charge in [-0.15, -0.1) is 0 Å². The summed E-state index contributed by atoms with van der Waals surface area (Å²) < 4.78 is 22.2. The predicted octanol–water partition coefficient (Wildman–Crippen LogP) is 4.81. The largest absolute Gasteiger partial charge is 0.497 e. The van der Waals surface area contributed by atoms with E-state index < -0.39 is 11.9 Å². The summed E-state index contributed by atoms with van der Waals surface area (Å²) in [5, 5.41) is 3.30. The first kappa shape index (κ1) is 24.4. The molecule has 0 spiro atoms. The minimum atomic E-state index is -0.511. The van der Waals surface area contributed by atoms with Crippen molar-refractivity contribution in [3.8, 4) is 17.2 Å². The number of benzene rings is 2. The molecule has 4 rings (SSSR count). The highest BCUT2D eigenvalue weighted by atomic mass is 16.5. The lowest BCUT2D eigenvalue weighted by atomic mass is 9.75. The second-order valence-electron chi connectivity index (χ2n) is 8.52. The number of ether oxygens (including phenoxy) is 4. The number of rotatable bonds is 8. The molecule has 0 radical (unpaired) electrons. The number of methoxy groups -OCH3 is 2. The van der Waals surface area contributed by atoms with Crippen LogP contribution in [0.3, 0.4) is 0 Å². The SMILES string of the molecule is CCOC(=O)C1=C(C)NC2=C(C(=O)CCC2)[C@H]1c1ccc(COc2ccc(OC)cc2)c(OC)c1. The van der Waals surface area contributed by atoms with Crippen LogP contribution < -0.4 is 19.5 Å². The molecule has 0 aromatic heterocycles. The van der Waals surface area contributed by atoms with Gasteiger partial charge in [0.25, 0.3) is 0 Å². The van der Waals surface area contributed by atoms with Gasteiger partial charge < -0.3 is 24.3 Å². The van der Waals surface area contributed by atoms with E-state index in [1.807, 2.05) is 49.4 Å². The number of Topliss-reactive ketones (excluding diaryl/α,β-unsaturated/α-hetero) is 1. The number of nitrogens with one attached hydrogen (secondary N) is 1. The number of hydrogen-bond donors (Lipinski definition) is 1. The quantitative estimate of drug-likeness (QED) is 0.546. The maximum atomic E-state index is 13.0. The van der Waals surface area contributed by atoms with Crippen LogP contribution in [0, 0.1) is 0 Å². The van der Waals surface area contributed by atoms with Crippen LogP contribution in [0.1, 0.15) is 50.2 Å². The lowest BCUT2D eigenvalue weighted by molar-refractivity contribution is -0.138. The molecule has 0 saturated carbocycles. The number of ketones is 1. The van der Waals surface area contributed by atoms with Crippen LogP contribution in [0.2, 0.25) is 0 Å². The number of hydrogen-bond acceptors (Lipinski definition) is 7. The van der Waals surface area contributed by atoms with E-state index in [4.69, 9.17) is 18.9 Å². The molecule has 1 heterocycles. The monoisotopic (exact) mass is 477 g/mol. The smallest absolute Gasteiger partial charge is 0.336 e. The summed E-state index contributed by atoms with van der Waals surface area (Å²) in [6.07, 6.45) is 2.04. The Bertz CT molecular complexity index is 1180. The second kappa shape index (κ2) is 10.7. The Morgan fingerprint density at radius 1 is 1.03 bits per heavy atom. The van der Waals surface area contributed by atoms with Crippen LogP contribution >= 0.6 is 0 Å². The number of dihydropyridines is 1. The molecule has 2 aromatic rings. The number of carbonyl (C=O) groups is 2. The van der Waals surface area contributed by atoms with Gasteiger partial charge in [-0.05, 0) is 62.6 Å². The summed E-state index contributed by atoms with van der Waals surface area (Å²) >= 11 is 0. The van der Waals surface area contributed by atoms with Crippen molar-refractivity contribution in [1.29, 1.82) is 0 Å². The molecule has 0 fully saturated rings. The summed E-state index contributed by atoms with van der Waals surface area (Å²) in [4.78, 5) is 26.0. The van der Waals surface area contributed by atoms with Gasteiger partial charge in [0.1, 0.15) is 23.9 Å². The third-order valence-electron chi connectivity index (χ3n) is 6.37.